The molecule has 0 bridgehead atoms. The number of halogens is 5. The van der Waals surface area contributed by atoms with Crippen molar-refractivity contribution in [3.63, 3.8) is 0 Å². The maximum Gasteiger partial charge on any atom is 0.395 e. The molecule has 4 nitrogen and oxygen atoms in total. The molecule has 0 amide bonds. The minimum Gasteiger partial charge on any atom is -0.383 e. The number of nitrogen functional groups attached to an aromatic ring is 1. The Morgan fingerprint density at radius 1 is 1.20 bits per heavy atom. The van der Waals surface area contributed by atoms with E-state index in [2.05, 4.69) is 10.1 Å². The molecule has 0 saturated carbocycles. The van der Waals surface area contributed by atoms with Gasteiger partial charge in [0, 0.05) is 29.4 Å². The molecule has 9 heteroatoms. The molecular weight excluding hydrogens is 463 g/mol. The van der Waals surface area contributed by atoms with Crippen LogP contribution in [0.4, 0.5) is 27.8 Å². The van der Waals surface area contributed by atoms with Gasteiger partial charge >= 0.3 is 6.18 Å². The number of fused-ring (bicyclic) bond motifs is 2. The molecule has 0 spiro atoms. The first kappa shape index (κ1) is 26.4. The molecular formula is C26H29F5N4. The molecule has 4 rings (SSSR count). The lowest BCUT2D eigenvalue weighted by Crippen LogP contribution is -2.21. The molecule has 1 unspecified atom stereocenters. The van der Waals surface area contributed by atoms with E-state index in [0.717, 1.165) is 43.0 Å². The zero-order valence-corrected chi connectivity index (χ0v) is 19.7. The van der Waals surface area contributed by atoms with Gasteiger partial charge in [-0.25, -0.2) is 13.8 Å². The van der Waals surface area contributed by atoms with Gasteiger partial charge in [0.25, 0.3) is 0 Å². The Morgan fingerprint density at radius 2 is 1.97 bits per heavy atom. The number of benzene rings is 1. The lowest BCUT2D eigenvalue weighted by atomic mass is 9.97. The summed E-state index contributed by atoms with van der Waals surface area (Å²) in [4.78, 5) is 3.86. The highest BCUT2D eigenvalue weighted by molar-refractivity contribution is 5.90. The van der Waals surface area contributed by atoms with Crippen LogP contribution in [0.5, 0.6) is 0 Å². The van der Waals surface area contributed by atoms with E-state index >= 15 is 0 Å². The van der Waals surface area contributed by atoms with Crippen LogP contribution >= 0.6 is 0 Å². The van der Waals surface area contributed by atoms with Crippen LogP contribution in [0.2, 0.25) is 0 Å². The predicted molar refractivity (Wildman–Crippen MR) is 129 cm³/mol. The van der Waals surface area contributed by atoms with E-state index in [1.807, 2.05) is 0 Å². The third kappa shape index (κ3) is 6.68. The van der Waals surface area contributed by atoms with Crippen molar-refractivity contribution in [3.8, 4) is 0 Å². The van der Waals surface area contributed by atoms with Gasteiger partial charge in [0.2, 0.25) is 0 Å². The van der Waals surface area contributed by atoms with Crippen LogP contribution in [0.15, 0.2) is 54.5 Å². The summed E-state index contributed by atoms with van der Waals surface area (Å²) >= 11 is 0. The summed E-state index contributed by atoms with van der Waals surface area (Å²) in [5, 5.41) is 5.89. The first-order valence-corrected chi connectivity index (χ1v) is 11.6. The molecule has 1 atom stereocenters. The van der Waals surface area contributed by atoms with Gasteiger partial charge < -0.3 is 5.73 Å². The van der Waals surface area contributed by atoms with E-state index in [1.165, 1.54) is 25.1 Å². The van der Waals surface area contributed by atoms with Crippen molar-refractivity contribution in [2.45, 2.75) is 58.7 Å². The van der Waals surface area contributed by atoms with Crippen molar-refractivity contribution in [2.75, 3.05) is 5.73 Å². The van der Waals surface area contributed by atoms with Gasteiger partial charge in [-0.15, -0.1) is 0 Å². The van der Waals surface area contributed by atoms with Crippen LogP contribution in [0.25, 0.3) is 16.3 Å². The van der Waals surface area contributed by atoms with Gasteiger partial charge in [-0.2, -0.15) is 18.3 Å². The normalized spacial score (nSPS) is 15.4. The van der Waals surface area contributed by atoms with E-state index in [-0.39, 0.29) is 17.8 Å². The van der Waals surface area contributed by atoms with Crippen molar-refractivity contribution < 1.29 is 22.0 Å². The molecule has 1 aliphatic heterocycles. The first-order chi connectivity index (χ1) is 16.6. The summed E-state index contributed by atoms with van der Waals surface area (Å²) in [6.45, 7) is 3.90. The van der Waals surface area contributed by atoms with Gasteiger partial charge in [0.15, 0.2) is 0 Å². The van der Waals surface area contributed by atoms with Crippen LogP contribution in [0, 0.1) is 11.7 Å². The fraction of sp³-hybridized carbons (Fsp3) is 0.385. The second-order valence-electron chi connectivity index (χ2n) is 8.42. The van der Waals surface area contributed by atoms with Crippen LogP contribution in [-0.2, 0) is 13.0 Å². The third-order valence-electron chi connectivity index (χ3n) is 5.85. The Balaban J connectivity index is 0.000000237. The highest BCUT2D eigenvalue weighted by atomic mass is 19.4. The number of allylic oxidation sites excluding steroid dienone is 4. The Bertz CT molecular complexity index is 1190. The van der Waals surface area contributed by atoms with Gasteiger partial charge in [0.1, 0.15) is 17.5 Å². The number of aryl methyl sites for hydroxylation is 2. The van der Waals surface area contributed by atoms with E-state index < -0.39 is 17.9 Å². The standard InChI is InChI=1S/C17H22F4N2.C9H7FN2/c1-3-7-12(17(19,20)21)10-14(15(18)4-2)16-11-13-8-5-6-9-23(13)22-16;10-7-2-1-6-3-4-12-9(11)8(6)5-7/h4,10-12H,3,5-9H2,1-2H3;1-5H,(H2,11,12)/b14-10+,15-4+;. The summed E-state index contributed by atoms with van der Waals surface area (Å²) in [7, 11) is 0. The number of pyridine rings is 1. The molecule has 188 valence electrons. The maximum atomic E-state index is 14.2. The summed E-state index contributed by atoms with van der Waals surface area (Å²) < 4.78 is 68.2. The summed E-state index contributed by atoms with van der Waals surface area (Å²) in [6.07, 6.45) is 2.57. The average Bonchev–Trinajstić information content (AvgIpc) is 3.25. The molecule has 35 heavy (non-hydrogen) atoms. The van der Waals surface area contributed by atoms with Gasteiger partial charge in [-0.05, 0) is 62.3 Å². The highest BCUT2D eigenvalue weighted by Gasteiger charge is 2.38. The Labute approximate surface area is 201 Å². The summed E-state index contributed by atoms with van der Waals surface area (Å²) in [5.74, 6) is -2.24. The smallest absolute Gasteiger partial charge is 0.383 e. The second kappa shape index (κ2) is 11.5. The number of anilines is 1. The number of rotatable bonds is 5. The number of alkyl halides is 3. The van der Waals surface area contributed by atoms with Gasteiger partial charge in [-0.1, -0.05) is 31.6 Å². The summed E-state index contributed by atoms with van der Waals surface area (Å²) in [5.41, 5.74) is 6.75. The van der Waals surface area contributed by atoms with Crippen LogP contribution < -0.4 is 5.73 Å². The molecule has 2 N–H and O–H groups in total. The molecule has 0 fully saturated rings. The Kier molecular flexibility index (Phi) is 8.64. The number of nitrogens with two attached hydrogens (primary N) is 1. The number of hydrogen-bond acceptors (Lipinski definition) is 3. The topological polar surface area (TPSA) is 56.7 Å². The number of aromatic nitrogens is 3. The largest absolute Gasteiger partial charge is 0.395 e. The lowest BCUT2D eigenvalue weighted by Gasteiger charge is -2.17. The van der Waals surface area contributed by atoms with Crippen molar-refractivity contribution in [3.05, 3.63) is 71.7 Å². The van der Waals surface area contributed by atoms with E-state index in [1.54, 1.807) is 36.0 Å². The quantitative estimate of drug-likeness (QED) is 0.298. The third-order valence-corrected chi connectivity index (χ3v) is 5.85. The van der Waals surface area contributed by atoms with Crippen LogP contribution in [0.1, 0.15) is 50.9 Å². The molecule has 0 aliphatic carbocycles. The lowest BCUT2D eigenvalue weighted by molar-refractivity contribution is -0.162. The minimum atomic E-state index is -4.38. The van der Waals surface area contributed by atoms with Crippen LogP contribution in [0.3, 0.4) is 0 Å². The molecule has 1 aromatic carbocycles. The van der Waals surface area contributed by atoms with E-state index in [4.69, 9.17) is 5.73 Å². The Hall–Kier alpha value is -3.23. The van der Waals surface area contributed by atoms with Crippen LogP contribution in [-0.4, -0.2) is 20.9 Å². The molecule has 2 aromatic heterocycles. The zero-order chi connectivity index (χ0) is 25.6. The fourth-order valence-corrected chi connectivity index (χ4v) is 4.01. The second-order valence-corrected chi connectivity index (χ2v) is 8.42. The average molecular weight is 493 g/mol. The summed E-state index contributed by atoms with van der Waals surface area (Å²) in [6, 6.07) is 7.99. The van der Waals surface area contributed by atoms with Crippen molar-refractivity contribution in [1.29, 1.82) is 0 Å². The predicted octanol–water partition coefficient (Wildman–Crippen LogP) is 7.41. The highest BCUT2D eigenvalue weighted by Crippen LogP contribution is 2.36. The van der Waals surface area contributed by atoms with Gasteiger partial charge in [-0.3, -0.25) is 4.68 Å². The first-order valence-electron chi connectivity index (χ1n) is 11.6. The molecule has 3 aromatic rings. The van der Waals surface area contributed by atoms with E-state index in [9.17, 15) is 22.0 Å². The van der Waals surface area contributed by atoms with Crippen molar-refractivity contribution in [2.24, 2.45) is 5.92 Å². The van der Waals surface area contributed by atoms with Crippen molar-refractivity contribution in [1.82, 2.24) is 14.8 Å². The fourth-order valence-electron chi connectivity index (χ4n) is 4.01. The van der Waals surface area contributed by atoms with Gasteiger partial charge in [0.05, 0.1) is 11.6 Å². The molecule has 0 radical (unpaired) electrons. The zero-order valence-electron chi connectivity index (χ0n) is 19.7. The number of nitrogens with zero attached hydrogens (tertiary/aromatic N) is 3. The number of hydrogen-bond donors (Lipinski definition) is 1. The maximum absolute atomic E-state index is 14.2. The monoisotopic (exact) mass is 492 g/mol. The SMILES string of the molecule is C/C=C(F)\C(=C/C(CCC)C(F)(F)F)c1cc2n(n1)CCCC2.Nc1nccc2ccc(F)cc12. The Morgan fingerprint density at radius 3 is 2.63 bits per heavy atom. The van der Waals surface area contributed by atoms with E-state index in [0.29, 0.717) is 23.3 Å². The molecule has 1 aliphatic rings. The minimum absolute atomic E-state index is 0.0508. The van der Waals surface area contributed by atoms with Crippen molar-refractivity contribution >= 4 is 22.2 Å². The molecule has 0 saturated heterocycles. The molecule has 3 heterocycles.